The van der Waals surface area contributed by atoms with Gasteiger partial charge in [0.05, 0.1) is 18.6 Å². The van der Waals surface area contributed by atoms with E-state index < -0.39 is 30.2 Å². The van der Waals surface area contributed by atoms with Gasteiger partial charge in [-0.15, -0.1) is 0 Å². The molecule has 8 nitrogen and oxygen atoms in total. The molecule has 0 aromatic heterocycles. The van der Waals surface area contributed by atoms with Gasteiger partial charge in [0.2, 0.25) is 18.0 Å². The minimum atomic E-state index is -1.28. The lowest BCUT2D eigenvalue weighted by atomic mass is 9.88. The van der Waals surface area contributed by atoms with Crippen LogP contribution in [-0.4, -0.2) is 54.4 Å². The number of aliphatic hydroxyl groups excluding tert-OH is 1. The lowest BCUT2D eigenvalue weighted by molar-refractivity contribution is -0.143. The number of amides is 3. The van der Waals surface area contributed by atoms with E-state index in [9.17, 15) is 19.5 Å². The number of hydrogen-bond acceptors (Lipinski definition) is 5. The molecule has 0 unspecified atom stereocenters. The van der Waals surface area contributed by atoms with E-state index in [2.05, 4.69) is 78.3 Å². The number of aliphatic hydroxyl groups is 1. The molecule has 4 aromatic rings. The van der Waals surface area contributed by atoms with Crippen LogP contribution in [0.15, 0.2) is 84.9 Å². The maximum absolute atomic E-state index is 14.2. The first kappa shape index (κ1) is 37.5. The van der Waals surface area contributed by atoms with Gasteiger partial charge >= 0.3 is 0 Å². The topological polar surface area (TPSA) is 117 Å². The average Bonchev–Trinajstić information content (AvgIpc) is 3.09. The molecule has 4 aromatic carbocycles. The number of rotatable bonds is 18. The molecule has 4 rings (SSSR count). The lowest BCUT2D eigenvalue weighted by Gasteiger charge is -2.28. The van der Waals surface area contributed by atoms with Crippen LogP contribution in [0.5, 0.6) is 0 Å². The molecule has 0 saturated heterocycles. The number of hydrogen-bond donors (Lipinski definition) is 4. The number of carbonyl (C=O) groups is 3. The number of fused-ring (bicyclic) bond motifs is 2. The van der Waals surface area contributed by atoms with Crippen molar-refractivity contribution in [2.75, 3.05) is 13.2 Å². The summed E-state index contributed by atoms with van der Waals surface area (Å²) in [6, 6.07) is 27.8. The molecule has 0 radical (unpaired) electrons. The molecule has 8 heteroatoms. The van der Waals surface area contributed by atoms with Gasteiger partial charge < -0.3 is 25.8 Å². The van der Waals surface area contributed by atoms with Crippen LogP contribution in [0.25, 0.3) is 21.5 Å². The zero-order valence-electron chi connectivity index (χ0n) is 29.6. The minimum Gasteiger partial charge on any atom is -0.390 e. The van der Waals surface area contributed by atoms with Gasteiger partial charge in [0, 0.05) is 19.1 Å². The van der Waals surface area contributed by atoms with Crippen LogP contribution in [0.4, 0.5) is 0 Å². The van der Waals surface area contributed by atoms with Crippen molar-refractivity contribution in [1.82, 2.24) is 16.0 Å². The summed E-state index contributed by atoms with van der Waals surface area (Å²) in [4.78, 5) is 40.6. The number of nitrogens with one attached hydrogen (secondary N) is 3. The second kappa shape index (κ2) is 18.5. The van der Waals surface area contributed by atoms with Gasteiger partial charge in [0.1, 0.15) is 0 Å². The third-order valence-corrected chi connectivity index (χ3v) is 9.16. The van der Waals surface area contributed by atoms with Crippen LogP contribution in [0.2, 0.25) is 0 Å². The predicted octanol–water partition coefficient (Wildman–Crippen LogP) is 6.32. The van der Waals surface area contributed by atoms with Gasteiger partial charge in [-0.3, -0.25) is 14.4 Å². The maximum atomic E-state index is 14.2. The molecule has 0 fully saturated rings. The van der Waals surface area contributed by atoms with Gasteiger partial charge in [-0.2, -0.15) is 0 Å². The Morgan fingerprint density at radius 3 is 1.82 bits per heavy atom. The summed E-state index contributed by atoms with van der Waals surface area (Å²) in [6.07, 6.45) is -0.229. The van der Waals surface area contributed by atoms with Crippen LogP contribution in [-0.2, 0) is 32.0 Å². The molecule has 0 aliphatic carbocycles. The standard InChI is InChI=1S/C41H53N3O5/c1-6-28(5)26-42-38(46)25-37(45)36(22-27(3)4)43-40(48)41(49-7-2)44-39(47)33(23-31-18-12-16-29-14-8-10-20-34(29)31)24-32-19-13-17-30-15-9-11-21-35(30)32/h8-21,27-28,33,36-37,41,45H,6-7,22-26H2,1-5H3,(H,42,46)(H,43,48)(H,44,47)/t28-,36-,37+,41-/m0/s1. The van der Waals surface area contributed by atoms with Gasteiger partial charge in [-0.1, -0.05) is 119 Å². The Bertz CT molecular complexity index is 1600. The summed E-state index contributed by atoms with van der Waals surface area (Å²) < 4.78 is 5.80. The molecule has 0 heterocycles. The number of benzene rings is 4. The molecule has 0 saturated carbocycles. The van der Waals surface area contributed by atoms with Crippen LogP contribution in [0.3, 0.4) is 0 Å². The molecule has 0 bridgehead atoms. The van der Waals surface area contributed by atoms with Gasteiger partial charge in [-0.05, 0) is 70.7 Å². The molecular formula is C41H53N3O5. The predicted molar refractivity (Wildman–Crippen MR) is 197 cm³/mol. The van der Waals surface area contributed by atoms with Gasteiger partial charge in [0.15, 0.2) is 0 Å². The van der Waals surface area contributed by atoms with E-state index in [0.29, 0.717) is 31.7 Å². The first-order chi connectivity index (χ1) is 23.6. The molecule has 0 aliphatic rings. The number of ether oxygens (including phenoxy) is 1. The van der Waals surface area contributed by atoms with Crippen molar-refractivity contribution >= 4 is 39.3 Å². The summed E-state index contributed by atoms with van der Waals surface area (Å²) in [5.74, 6) is -1.19. The van der Waals surface area contributed by atoms with E-state index in [1.807, 2.05) is 50.2 Å². The highest BCUT2D eigenvalue weighted by atomic mass is 16.5. The summed E-state index contributed by atoms with van der Waals surface area (Å²) >= 11 is 0. The van der Waals surface area contributed by atoms with Crippen molar-refractivity contribution in [2.24, 2.45) is 17.8 Å². The van der Waals surface area contributed by atoms with Crippen molar-refractivity contribution in [3.8, 4) is 0 Å². The zero-order valence-corrected chi connectivity index (χ0v) is 29.6. The first-order valence-corrected chi connectivity index (χ1v) is 17.7. The summed E-state index contributed by atoms with van der Waals surface area (Å²) in [5.41, 5.74) is 2.09. The average molecular weight is 668 g/mol. The third kappa shape index (κ3) is 10.9. The molecule has 4 atom stereocenters. The lowest BCUT2D eigenvalue weighted by Crippen LogP contribution is -2.55. The van der Waals surface area contributed by atoms with Crippen LogP contribution < -0.4 is 16.0 Å². The fourth-order valence-corrected chi connectivity index (χ4v) is 6.24. The van der Waals surface area contributed by atoms with E-state index in [1.54, 1.807) is 6.92 Å². The molecular weight excluding hydrogens is 614 g/mol. The Hall–Kier alpha value is -4.27. The van der Waals surface area contributed by atoms with E-state index in [-0.39, 0.29) is 30.8 Å². The van der Waals surface area contributed by atoms with Crippen LogP contribution in [0, 0.1) is 17.8 Å². The Balaban J connectivity index is 1.56. The molecule has 0 spiro atoms. The highest BCUT2D eigenvalue weighted by Gasteiger charge is 2.31. The molecule has 262 valence electrons. The highest BCUT2D eigenvalue weighted by Crippen LogP contribution is 2.26. The fourth-order valence-electron chi connectivity index (χ4n) is 6.24. The van der Waals surface area contributed by atoms with Crippen LogP contribution in [0.1, 0.15) is 65.0 Å². The summed E-state index contributed by atoms with van der Waals surface area (Å²) in [7, 11) is 0. The minimum absolute atomic E-state index is 0.133. The SMILES string of the molecule is CCO[C@H](NC(=O)C(Cc1cccc2ccccc12)Cc1cccc2ccccc12)C(=O)N[C@@H](CC(C)C)[C@H](O)CC(=O)NC[C@@H](C)CC. The second-order valence-electron chi connectivity index (χ2n) is 13.6. The van der Waals surface area contributed by atoms with E-state index in [4.69, 9.17) is 4.74 Å². The Morgan fingerprint density at radius 2 is 1.29 bits per heavy atom. The van der Waals surface area contributed by atoms with Crippen LogP contribution >= 0.6 is 0 Å². The fraction of sp³-hybridized carbons (Fsp3) is 0.439. The molecule has 49 heavy (non-hydrogen) atoms. The third-order valence-electron chi connectivity index (χ3n) is 9.16. The van der Waals surface area contributed by atoms with E-state index in [1.165, 1.54) is 0 Å². The van der Waals surface area contributed by atoms with Crippen molar-refractivity contribution < 1.29 is 24.2 Å². The monoisotopic (exact) mass is 667 g/mol. The van der Waals surface area contributed by atoms with Gasteiger partial charge in [-0.25, -0.2) is 0 Å². The summed E-state index contributed by atoms with van der Waals surface area (Å²) in [5, 5.41) is 24.1. The van der Waals surface area contributed by atoms with E-state index in [0.717, 1.165) is 39.1 Å². The second-order valence-corrected chi connectivity index (χ2v) is 13.6. The first-order valence-electron chi connectivity index (χ1n) is 17.7. The van der Waals surface area contributed by atoms with E-state index >= 15 is 0 Å². The maximum Gasteiger partial charge on any atom is 0.270 e. The van der Waals surface area contributed by atoms with Crippen molar-refractivity contribution in [3.63, 3.8) is 0 Å². The normalized spacial score (nSPS) is 14.0. The number of carbonyl (C=O) groups excluding carboxylic acids is 3. The van der Waals surface area contributed by atoms with Crippen molar-refractivity contribution in [2.45, 2.75) is 85.1 Å². The quantitative estimate of drug-likeness (QED) is 0.0928. The molecule has 4 N–H and O–H groups in total. The summed E-state index contributed by atoms with van der Waals surface area (Å²) in [6.45, 7) is 10.6. The van der Waals surface area contributed by atoms with Crippen molar-refractivity contribution in [3.05, 3.63) is 96.1 Å². The Labute approximate surface area is 291 Å². The Kier molecular flexibility index (Phi) is 14.2. The van der Waals surface area contributed by atoms with Gasteiger partial charge in [0.25, 0.3) is 5.91 Å². The Morgan fingerprint density at radius 1 is 0.735 bits per heavy atom. The largest absolute Gasteiger partial charge is 0.390 e. The molecule has 0 aliphatic heterocycles. The zero-order chi connectivity index (χ0) is 35.3. The smallest absolute Gasteiger partial charge is 0.270 e. The van der Waals surface area contributed by atoms with Crippen molar-refractivity contribution in [1.29, 1.82) is 0 Å². The molecule has 3 amide bonds. The highest BCUT2D eigenvalue weighted by molar-refractivity contribution is 5.91.